The van der Waals surface area contributed by atoms with E-state index in [0.717, 1.165) is 5.69 Å². The van der Waals surface area contributed by atoms with Crippen LogP contribution in [0.2, 0.25) is 0 Å². The molecule has 4 aromatic carbocycles. The zero-order valence-electron chi connectivity index (χ0n) is 13.7. The van der Waals surface area contributed by atoms with E-state index in [1.54, 1.807) is 0 Å². The minimum absolute atomic E-state index is 0.791. The van der Waals surface area contributed by atoms with Crippen molar-refractivity contribution in [2.24, 2.45) is 0 Å². The van der Waals surface area contributed by atoms with Gasteiger partial charge < -0.3 is 5.73 Å². The van der Waals surface area contributed by atoms with Gasteiger partial charge in [0.2, 0.25) is 0 Å². The first-order valence-corrected chi connectivity index (χ1v) is 8.17. The summed E-state index contributed by atoms with van der Waals surface area (Å²) >= 11 is 0. The summed E-state index contributed by atoms with van der Waals surface area (Å²) in [5, 5.41) is 2.56. The van der Waals surface area contributed by atoms with Gasteiger partial charge in [-0.15, -0.1) is 0 Å². The normalized spacial score (nSPS) is 10.9. The highest BCUT2D eigenvalue weighted by molar-refractivity contribution is 6.05. The smallest absolute Gasteiger partial charge is 0.0314 e. The Morgan fingerprint density at radius 3 is 1.92 bits per heavy atom. The largest absolute Gasteiger partial charge is 0.399 e. The number of hydrogen-bond acceptors (Lipinski definition) is 1. The summed E-state index contributed by atoms with van der Waals surface area (Å²) in [6.07, 6.45) is 0. The topological polar surface area (TPSA) is 26.0 Å². The Morgan fingerprint density at radius 1 is 0.583 bits per heavy atom. The van der Waals surface area contributed by atoms with Gasteiger partial charge in [0.1, 0.15) is 0 Å². The molecule has 2 N–H and O–H groups in total. The molecule has 0 amide bonds. The first kappa shape index (κ1) is 14.5. The van der Waals surface area contributed by atoms with Crippen LogP contribution >= 0.6 is 0 Å². The Balaban J connectivity index is 2.00. The Morgan fingerprint density at radius 2 is 1.21 bits per heavy atom. The number of aryl methyl sites for hydroxylation is 1. The van der Waals surface area contributed by atoms with Gasteiger partial charge in [0.15, 0.2) is 0 Å². The fraction of sp³-hybridized carbons (Fsp3) is 0.0435. The highest BCUT2D eigenvalue weighted by Gasteiger charge is 2.09. The van der Waals surface area contributed by atoms with E-state index in [9.17, 15) is 0 Å². The van der Waals surface area contributed by atoms with E-state index in [0.29, 0.717) is 0 Å². The second-order valence-corrected chi connectivity index (χ2v) is 6.20. The lowest BCUT2D eigenvalue weighted by Crippen LogP contribution is -1.88. The highest BCUT2D eigenvalue weighted by Crippen LogP contribution is 2.36. The second-order valence-electron chi connectivity index (χ2n) is 6.20. The average molecular weight is 309 g/mol. The SMILES string of the molecule is Cc1ccc2c(-c3ccc(N)cc3)ccc(-c3ccccc3)c2c1. The predicted molar refractivity (Wildman–Crippen MR) is 104 cm³/mol. The summed E-state index contributed by atoms with van der Waals surface area (Å²) in [7, 11) is 0. The van der Waals surface area contributed by atoms with E-state index in [-0.39, 0.29) is 0 Å². The zero-order valence-corrected chi connectivity index (χ0v) is 13.7. The third-order valence-electron chi connectivity index (χ3n) is 4.48. The van der Waals surface area contributed by atoms with Crippen LogP contribution in [0.4, 0.5) is 5.69 Å². The first-order chi connectivity index (χ1) is 11.7. The van der Waals surface area contributed by atoms with Gasteiger partial charge in [-0.05, 0) is 52.1 Å². The molecule has 1 nitrogen and oxygen atoms in total. The predicted octanol–water partition coefficient (Wildman–Crippen LogP) is 6.06. The molecule has 0 atom stereocenters. The molecule has 4 rings (SSSR count). The molecular weight excluding hydrogens is 290 g/mol. The summed E-state index contributed by atoms with van der Waals surface area (Å²) in [6, 6.07) is 29.8. The molecule has 0 aliphatic heterocycles. The van der Waals surface area contributed by atoms with Crippen LogP contribution in [0.15, 0.2) is 84.9 Å². The molecule has 0 fully saturated rings. The molecule has 0 heterocycles. The number of fused-ring (bicyclic) bond motifs is 1. The third-order valence-corrected chi connectivity index (χ3v) is 4.48. The number of hydrogen-bond donors (Lipinski definition) is 1. The van der Waals surface area contributed by atoms with Crippen molar-refractivity contribution in [1.29, 1.82) is 0 Å². The van der Waals surface area contributed by atoms with Crippen LogP contribution in [0.5, 0.6) is 0 Å². The van der Waals surface area contributed by atoms with Gasteiger partial charge in [-0.25, -0.2) is 0 Å². The number of nitrogen functional groups attached to an aromatic ring is 1. The monoisotopic (exact) mass is 309 g/mol. The van der Waals surface area contributed by atoms with E-state index in [2.05, 4.69) is 79.7 Å². The lowest BCUT2D eigenvalue weighted by molar-refractivity contribution is 1.50. The lowest BCUT2D eigenvalue weighted by atomic mass is 9.91. The average Bonchev–Trinajstić information content (AvgIpc) is 2.62. The molecule has 0 saturated heterocycles. The van der Waals surface area contributed by atoms with Gasteiger partial charge in [-0.3, -0.25) is 0 Å². The van der Waals surface area contributed by atoms with Crippen molar-refractivity contribution in [2.45, 2.75) is 6.92 Å². The van der Waals surface area contributed by atoms with Gasteiger partial charge in [0.25, 0.3) is 0 Å². The molecule has 0 aliphatic rings. The van der Waals surface area contributed by atoms with E-state index >= 15 is 0 Å². The van der Waals surface area contributed by atoms with E-state index < -0.39 is 0 Å². The zero-order chi connectivity index (χ0) is 16.5. The molecule has 0 radical (unpaired) electrons. The summed E-state index contributed by atoms with van der Waals surface area (Å²) in [5.41, 5.74) is 12.9. The number of rotatable bonds is 2. The maximum atomic E-state index is 5.84. The maximum absolute atomic E-state index is 5.84. The van der Waals surface area contributed by atoms with Gasteiger partial charge in [0, 0.05) is 5.69 Å². The molecular formula is C23H19N. The summed E-state index contributed by atoms with van der Waals surface area (Å²) < 4.78 is 0. The van der Waals surface area contributed by atoms with Crippen molar-refractivity contribution in [3.05, 3.63) is 90.5 Å². The molecule has 24 heavy (non-hydrogen) atoms. The number of anilines is 1. The van der Waals surface area contributed by atoms with E-state index in [1.165, 1.54) is 38.6 Å². The fourth-order valence-corrected chi connectivity index (χ4v) is 3.25. The molecule has 0 aliphatic carbocycles. The van der Waals surface area contributed by atoms with Crippen molar-refractivity contribution in [3.63, 3.8) is 0 Å². The Hall–Kier alpha value is -3.06. The molecule has 1 heteroatoms. The molecule has 0 spiro atoms. The van der Waals surface area contributed by atoms with Crippen molar-refractivity contribution in [1.82, 2.24) is 0 Å². The number of nitrogens with two attached hydrogens (primary N) is 1. The maximum Gasteiger partial charge on any atom is 0.0314 e. The van der Waals surface area contributed by atoms with Gasteiger partial charge in [-0.1, -0.05) is 78.4 Å². The minimum Gasteiger partial charge on any atom is -0.399 e. The molecule has 4 aromatic rings. The van der Waals surface area contributed by atoms with Crippen molar-refractivity contribution >= 4 is 16.5 Å². The van der Waals surface area contributed by atoms with Crippen LogP contribution in [-0.4, -0.2) is 0 Å². The molecule has 116 valence electrons. The quantitative estimate of drug-likeness (QED) is 0.447. The van der Waals surface area contributed by atoms with Crippen molar-refractivity contribution in [3.8, 4) is 22.3 Å². The Kier molecular flexibility index (Phi) is 3.55. The summed E-state index contributed by atoms with van der Waals surface area (Å²) in [5.74, 6) is 0. The molecule has 0 bridgehead atoms. The standard InChI is InChI=1S/C23H19N/c1-16-7-12-22-20(18-8-10-19(24)11-9-18)13-14-21(23(22)15-16)17-5-3-2-4-6-17/h2-15H,24H2,1H3. The summed E-state index contributed by atoms with van der Waals surface area (Å²) in [6.45, 7) is 2.14. The lowest BCUT2D eigenvalue weighted by Gasteiger charge is -2.13. The summed E-state index contributed by atoms with van der Waals surface area (Å²) in [4.78, 5) is 0. The third kappa shape index (κ3) is 2.55. The van der Waals surface area contributed by atoms with Crippen LogP contribution in [0.1, 0.15) is 5.56 Å². The molecule has 0 saturated carbocycles. The second kappa shape index (κ2) is 5.86. The van der Waals surface area contributed by atoms with Gasteiger partial charge >= 0.3 is 0 Å². The van der Waals surface area contributed by atoms with Crippen LogP contribution in [0, 0.1) is 6.92 Å². The Labute approximate surface area is 142 Å². The number of benzene rings is 4. The Bertz CT molecular complexity index is 999. The van der Waals surface area contributed by atoms with Crippen LogP contribution in [0.25, 0.3) is 33.0 Å². The van der Waals surface area contributed by atoms with Crippen LogP contribution in [-0.2, 0) is 0 Å². The van der Waals surface area contributed by atoms with Gasteiger partial charge in [-0.2, -0.15) is 0 Å². The first-order valence-electron chi connectivity index (χ1n) is 8.17. The molecule has 0 unspecified atom stereocenters. The molecule has 0 aromatic heterocycles. The van der Waals surface area contributed by atoms with Crippen LogP contribution in [0.3, 0.4) is 0 Å². The van der Waals surface area contributed by atoms with E-state index in [4.69, 9.17) is 5.73 Å². The van der Waals surface area contributed by atoms with Crippen molar-refractivity contribution in [2.75, 3.05) is 5.73 Å². The van der Waals surface area contributed by atoms with E-state index in [1.807, 2.05) is 12.1 Å². The minimum atomic E-state index is 0.791. The van der Waals surface area contributed by atoms with Gasteiger partial charge in [0.05, 0.1) is 0 Å². The van der Waals surface area contributed by atoms with Crippen LogP contribution < -0.4 is 5.73 Å². The fourth-order valence-electron chi connectivity index (χ4n) is 3.25. The highest BCUT2D eigenvalue weighted by atomic mass is 14.5. The van der Waals surface area contributed by atoms with Crippen molar-refractivity contribution < 1.29 is 0 Å².